The van der Waals surface area contributed by atoms with E-state index >= 15 is 0 Å². The topological polar surface area (TPSA) is 82.6 Å². The van der Waals surface area contributed by atoms with Gasteiger partial charge in [-0.25, -0.2) is 9.78 Å². The molecular formula is C18H20N4O3S. The summed E-state index contributed by atoms with van der Waals surface area (Å²) in [6.07, 6.45) is 4.27. The van der Waals surface area contributed by atoms with Crippen LogP contribution in [0.3, 0.4) is 0 Å². The highest BCUT2D eigenvalue weighted by Gasteiger charge is 2.55. The summed E-state index contributed by atoms with van der Waals surface area (Å²) >= 11 is 1.37. The zero-order valence-electron chi connectivity index (χ0n) is 14.5. The molecule has 0 bridgehead atoms. The summed E-state index contributed by atoms with van der Waals surface area (Å²) in [5.74, 6) is -0.656. The van der Waals surface area contributed by atoms with Crippen LogP contribution in [0, 0.1) is 0 Å². The Labute approximate surface area is 155 Å². The molecule has 1 aromatic carbocycles. The smallest absolute Gasteiger partial charge is 0.313 e. The second kappa shape index (κ2) is 6.35. The van der Waals surface area contributed by atoms with Gasteiger partial charge in [0, 0.05) is 7.05 Å². The molecule has 4 amide bonds. The number of thiazole rings is 1. The molecule has 1 spiro atoms. The SMILES string of the molecule is CN1C(=O)N(CC(=O)Nc2nc3ccccc3s2)C(=O)C12CCCCC2. The van der Waals surface area contributed by atoms with Crippen molar-refractivity contribution in [1.29, 1.82) is 0 Å². The Morgan fingerprint density at radius 3 is 2.69 bits per heavy atom. The Bertz CT molecular complexity index is 854. The Morgan fingerprint density at radius 1 is 1.23 bits per heavy atom. The number of imide groups is 1. The quantitative estimate of drug-likeness (QED) is 0.840. The Balaban J connectivity index is 1.48. The summed E-state index contributed by atoms with van der Waals surface area (Å²) < 4.78 is 0.969. The molecule has 0 unspecified atom stereocenters. The number of nitrogens with zero attached hydrogens (tertiary/aromatic N) is 3. The summed E-state index contributed by atoms with van der Waals surface area (Å²) in [6.45, 7) is -0.278. The van der Waals surface area contributed by atoms with E-state index in [9.17, 15) is 14.4 Å². The third kappa shape index (κ3) is 2.65. The first-order chi connectivity index (χ1) is 12.5. The van der Waals surface area contributed by atoms with Gasteiger partial charge in [-0.15, -0.1) is 0 Å². The van der Waals surface area contributed by atoms with Gasteiger partial charge >= 0.3 is 6.03 Å². The number of anilines is 1. The predicted octanol–water partition coefficient (Wildman–Crippen LogP) is 2.83. The van der Waals surface area contributed by atoms with E-state index in [0.29, 0.717) is 18.0 Å². The van der Waals surface area contributed by atoms with Crippen LogP contribution in [0.4, 0.5) is 9.93 Å². The number of fused-ring (bicyclic) bond motifs is 1. The molecule has 0 atom stereocenters. The number of amides is 4. The van der Waals surface area contributed by atoms with Crippen LogP contribution in [0.15, 0.2) is 24.3 Å². The number of aromatic nitrogens is 1. The summed E-state index contributed by atoms with van der Waals surface area (Å²) in [4.78, 5) is 44.8. The zero-order chi connectivity index (χ0) is 18.3. The fraction of sp³-hybridized carbons (Fsp3) is 0.444. The number of nitrogens with one attached hydrogen (secondary N) is 1. The van der Waals surface area contributed by atoms with Crippen LogP contribution in [-0.2, 0) is 9.59 Å². The standard InChI is InChI=1S/C18H20N4O3S/c1-21-17(25)22(15(24)18(21)9-5-2-6-10-18)11-14(23)20-16-19-12-7-3-4-8-13(12)26-16/h3-4,7-8H,2,5-6,9-11H2,1H3,(H,19,20,23). The van der Waals surface area contributed by atoms with E-state index in [4.69, 9.17) is 0 Å². The van der Waals surface area contributed by atoms with Crippen LogP contribution in [0.2, 0.25) is 0 Å². The van der Waals surface area contributed by atoms with E-state index < -0.39 is 17.5 Å². The van der Waals surface area contributed by atoms with Gasteiger partial charge in [0.25, 0.3) is 5.91 Å². The number of para-hydroxylation sites is 1. The lowest BCUT2D eigenvalue weighted by atomic mass is 9.81. The molecule has 1 aliphatic heterocycles. The van der Waals surface area contributed by atoms with Crippen molar-refractivity contribution in [1.82, 2.24) is 14.8 Å². The predicted molar refractivity (Wildman–Crippen MR) is 98.9 cm³/mol. The molecule has 26 heavy (non-hydrogen) atoms. The number of carbonyl (C=O) groups is 3. The molecule has 1 N–H and O–H groups in total. The number of hydrogen-bond donors (Lipinski definition) is 1. The summed E-state index contributed by atoms with van der Waals surface area (Å²) in [7, 11) is 1.66. The first kappa shape index (κ1) is 17.0. The largest absolute Gasteiger partial charge is 0.327 e. The van der Waals surface area contributed by atoms with Crippen LogP contribution < -0.4 is 5.32 Å². The van der Waals surface area contributed by atoms with Crippen molar-refractivity contribution in [3.63, 3.8) is 0 Å². The number of benzene rings is 1. The highest BCUT2D eigenvalue weighted by molar-refractivity contribution is 7.22. The number of rotatable bonds is 3. The molecule has 2 fully saturated rings. The Morgan fingerprint density at radius 2 is 1.96 bits per heavy atom. The Kier molecular flexibility index (Phi) is 4.14. The van der Waals surface area contributed by atoms with Gasteiger partial charge in [-0.05, 0) is 25.0 Å². The molecule has 2 aromatic rings. The third-order valence-electron chi connectivity index (χ3n) is 5.33. The van der Waals surface area contributed by atoms with Gasteiger partial charge in [0.1, 0.15) is 12.1 Å². The van der Waals surface area contributed by atoms with Gasteiger partial charge in [0.15, 0.2) is 5.13 Å². The maximum absolute atomic E-state index is 12.9. The minimum atomic E-state index is -0.758. The van der Waals surface area contributed by atoms with Gasteiger partial charge in [0.05, 0.1) is 10.2 Å². The van der Waals surface area contributed by atoms with Gasteiger partial charge in [-0.1, -0.05) is 42.7 Å². The molecule has 1 aromatic heterocycles. The molecular weight excluding hydrogens is 352 g/mol. The molecule has 0 radical (unpaired) electrons. The van der Waals surface area contributed by atoms with Crippen LogP contribution in [0.5, 0.6) is 0 Å². The summed E-state index contributed by atoms with van der Waals surface area (Å²) in [5, 5.41) is 3.18. The molecule has 1 saturated carbocycles. The van der Waals surface area contributed by atoms with Crippen LogP contribution >= 0.6 is 11.3 Å². The van der Waals surface area contributed by atoms with Gasteiger partial charge in [0.2, 0.25) is 5.91 Å². The lowest BCUT2D eigenvalue weighted by molar-refractivity contribution is -0.136. The molecule has 4 rings (SSSR count). The number of carbonyl (C=O) groups excluding carboxylic acids is 3. The molecule has 2 heterocycles. The van der Waals surface area contributed by atoms with E-state index in [-0.39, 0.29) is 12.5 Å². The number of hydrogen-bond acceptors (Lipinski definition) is 5. The number of urea groups is 1. The fourth-order valence-electron chi connectivity index (χ4n) is 3.90. The molecule has 1 aliphatic carbocycles. The minimum absolute atomic E-state index is 0.246. The second-order valence-corrected chi connectivity index (χ2v) is 7.89. The van der Waals surface area contributed by atoms with E-state index in [1.165, 1.54) is 16.2 Å². The molecule has 7 nitrogen and oxygen atoms in total. The maximum atomic E-state index is 12.9. The lowest BCUT2D eigenvalue weighted by Gasteiger charge is -2.35. The van der Waals surface area contributed by atoms with Crippen molar-refractivity contribution in [2.75, 3.05) is 18.9 Å². The molecule has 1 saturated heterocycles. The monoisotopic (exact) mass is 372 g/mol. The summed E-state index contributed by atoms with van der Waals surface area (Å²) in [5.41, 5.74) is 0.0490. The minimum Gasteiger partial charge on any atom is -0.313 e. The van der Waals surface area contributed by atoms with Crippen molar-refractivity contribution < 1.29 is 14.4 Å². The van der Waals surface area contributed by atoms with Crippen molar-refractivity contribution in [2.45, 2.75) is 37.6 Å². The first-order valence-corrected chi connectivity index (χ1v) is 9.58. The normalized spacial score (nSPS) is 19.6. The summed E-state index contributed by atoms with van der Waals surface area (Å²) in [6, 6.07) is 7.20. The van der Waals surface area contributed by atoms with Gasteiger partial charge in [-0.2, -0.15) is 0 Å². The van der Waals surface area contributed by atoms with Gasteiger partial charge in [-0.3, -0.25) is 14.5 Å². The van der Waals surface area contributed by atoms with Crippen LogP contribution in [0.25, 0.3) is 10.2 Å². The first-order valence-electron chi connectivity index (χ1n) is 8.76. The fourth-order valence-corrected chi connectivity index (χ4v) is 4.78. The van der Waals surface area contributed by atoms with Crippen molar-refractivity contribution in [2.24, 2.45) is 0 Å². The Hall–Kier alpha value is -2.48. The van der Waals surface area contributed by atoms with Crippen molar-refractivity contribution in [3.05, 3.63) is 24.3 Å². The van der Waals surface area contributed by atoms with E-state index in [2.05, 4.69) is 10.3 Å². The average molecular weight is 372 g/mol. The zero-order valence-corrected chi connectivity index (χ0v) is 15.3. The van der Waals surface area contributed by atoms with Gasteiger partial charge < -0.3 is 10.2 Å². The molecule has 2 aliphatic rings. The van der Waals surface area contributed by atoms with Crippen molar-refractivity contribution in [3.8, 4) is 0 Å². The van der Waals surface area contributed by atoms with Crippen LogP contribution in [-0.4, -0.2) is 51.8 Å². The number of likely N-dealkylation sites (N-methyl/N-ethyl adjacent to an activating group) is 1. The molecule has 8 heteroatoms. The van der Waals surface area contributed by atoms with E-state index in [1.54, 1.807) is 7.05 Å². The van der Waals surface area contributed by atoms with Crippen LogP contribution in [0.1, 0.15) is 32.1 Å². The van der Waals surface area contributed by atoms with E-state index in [0.717, 1.165) is 34.4 Å². The molecule has 136 valence electrons. The van der Waals surface area contributed by atoms with Crippen molar-refractivity contribution >= 4 is 44.5 Å². The third-order valence-corrected chi connectivity index (χ3v) is 6.28. The highest BCUT2D eigenvalue weighted by Crippen LogP contribution is 2.39. The average Bonchev–Trinajstić information content (AvgIpc) is 3.12. The lowest BCUT2D eigenvalue weighted by Crippen LogP contribution is -2.49. The highest BCUT2D eigenvalue weighted by atomic mass is 32.1. The van der Waals surface area contributed by atoms with E-state index in [1.807, 2.05) is 24.3 Å². The second-order valence-electron chi connectivity index (χ2n) is 6.86. The maximum Gasteiger partial charge on any atom is 0.327 e.